The molecule has 1 aliphatic rings. The van der Waals surface area contributed by atoms with Crippen molar-refractivity contribution in [3.63, 3.8) is 0 Å². The average Bonchev–Trinajstić information content (AvgIpc) is 3.35. The van der Waals surface area contributed by atoms with Crippen LogP contribution in [0.1, 0.15) is 66.0 Å². The summed E-state index contributed by atoms with van der Waals surface area (Å²) in [5, 5.41) is 13.5. The maximum absolute atomic E-state index is 9.23. The van der Waals surface area contributed by atoms with Crippen molar-refractivity contribution in [2.24, 2.45) is 0 Å². The van der Waals surface area contributed by atoms with Gasteiger partial charge in [0.05, 0.1) is 0 Å². The standard InChI is InChI=1S/C21H23N5O2/c1-13-6-4-5-7-17(13)14(2)19-24-20(28-25-19)16-8-10-26(11-9-16)21-18(12-22)23-15(3)27-21/h4-7,14,16H,8-11H2,1-3H3/t14-/m0/s1. The first-order chi connectivity index (χ1) is 13.6. The van der Waals surface area contributed by atoms with E-state index in [4.69, 9.17) is 13.9 Å². The molecule has 0 spiro atoms. The van der Waals surface area contributed by atoms with E-state index in [0.717, 1.165) is 31.8 Å². The Morgan fingerprint density at radius 1 is 1.18 bits per heavy atom. The summed E-state index contributed by atoms with van der Waals surface area (Å²) < 4.78 is 11.2. The van der Waals surface area contributed by atoms with Gasteiger partial charge in [0.1, 0.15) is 6.07 Å². The van der Waals surface area contributed by atoms with Crippen LogP contribution in [0.25, 0.3) is 0 Å². The molecule has 0 amide bonds. The molecule has 3 aromatic rings. The first-order valence-electron chi connectivity index (χ1n) is 9.58. The second-order valence-corrected chi connectivity index (χ2v) is 7.33. The summed E-state index contributed by atoms with van der Waals surface area (Å²) in [4.78, 5) is 10.9. The Labute approximate surface area is 164 Å². The van der Waals surface area contributed by atoms with Gasteiger partial charge in [-0.05, 0) is 30.9 Å². The van der Waals surface area contributed by atoms with Crippen LogP contribution >= 0.6 is 0 Å². The summed E-state index contributed by atoms with van der Waals surface area (Å²) in [5.41, 5.74) is 2.79. The molecule has 4 rings (SSSR count). The van der Waals surface area contributed by atoms with Crippen LogP contribution in [0.3, 0.4) is 0 Å². The van der Waals surface area contributed by atoms with Gasteiger partial charge in [0, 0.05) is 31.8 Å². The first kappa shape index (κ1) is 18.2. The monoisotopic (exact) mass is 377 g/mol. The Kier molecular flexibility index (Phi) is 4.86. The van der Waals surface area contributed by atoms with Crippen molar-refractivity contribution in [1.82, 2.24) is 15.1 Å². The molecule has 144 valence electrons. The number of aryl methyl sites for hydroxylation is 2. The lowest BCUT2D eigenvalue weighted by molar-refractivity contribution is 0.323. The molecule has 0 N–H and O–H groups in total. The molecule has 0 unspecified atom stereocenters. The molecule has 1 fully saturated rings. The topological polar surface area (TPSA) is 92.0 Å². The molecule has 0 saturated carbocycles. The van der Waals surface area contributed by atoms with Gasteiger partial charge in [0.25, 0.3) is 0 Å². The van der Waals surface area contributed by atoms with E-state index in [0.29, 0.717) is 23.4 Å². The zero-order valence-corrected chi connectivity index (χ0v) is 16.3. The molecule has 0 radical (unpaired) electrons. The second kappa shape index (κ2) is 7.47. The average molecular weight is 377 g/mol. The molecular weight excluding hydrogens is 354 g/mol. The Bertz CT molecular complexity index is 1010. The number of rotatable bonds is 4. The maximum atomic E-state index is 9.23. The molecule has 0 bridgehead atoms. The Balaban J connectivity index is 1.45. The van der Waals surface area contributed by atoms with Crippen LogP contribution in [0.2, 0.25) is 0 Å². The third-order valence-corrected chi connectivity index (χ3v) is 5.45. The van der Waals surface area contributed by atoms with E-state index in [2.05, 4.69) is 47.1 Å². The van der Waals surface area contributed by atoms with E-state index in [1.54, 1.807) is 6.92 Å². The highest BCUT2D eigenvalue weighted by Crippen LogP contribution is 2.33. The van der Waals surface area contributed by atoms with Gasteiger partial charge in [-0.2, -0.15) is 10.2 Å². The SMILES string of the molecule is Cc1nc(C#N)c(N2CCC(c3nc([C@@H](C)c4ccccc4C)no3)CC2)o1. The third-order valence-electron chi connectivity index (χ3n) is 5.45. The van der Waals surface area contributed by atoms with Gasteiger partial charge >= 0.3 is 0 Å². The van der Waals surface area contributed by atoms with Crippen LogP contribution in [0.4, 0.5) is 5.88 Å². The third kappa shape index (κ3) is 3.38. The van der Waals surface area contributed by atoms with Crippen LogP contribution < -0.4 is 4.90 Å². The molecule has 7 heteroatoms. The van der Waals surface area contributed by atoms with E-state index in [1.165, 1.54) is 11.1 Å². The molecule has 2 aromatic heterocycles. The zero-order valence-electron chi connectivity index (χ0n) is 16.3. The van der Waals surface area contributed by atoms with Crippen LogP contribution in [-0.4, -0.2) is 28.2 Å². The van der Waals surface area contributed by atoms with E-state index in [1.807, 2.05) is 12.1 Å². The van der Waals surface area contributed by atoms with Crippen LogP contribution in [-0.2, 0) is 0 Å². The van der Waals surface area contributed by atoms with Gasteiger partial charge in [-0.15, -0.1) is 0 Å². The molecule has 0 aliphatic carbocycles. The highest BCUT2D eigenvalue weighted by atomic mass is 16.5. The van der Waals surface area contributed by atoms with Crippen molar-refractivity contribution in [3.8, 4) is 6.07 Å². The molecular formula is C21H23N5O2. The Morgan fingerprint density at radius 2 is 1.93 bits per heavy atom. The maximum Gasteiger partial charge on any atom is 0.234 e. The minimum Gasteiger partial charge on any atom is -0.424 e. The molecule has 1 saturated heterocycles. The Hall–Kier alpha value is -3.14. The van der Waals surface area contributed by atoms with Crippen molar-refractivity contribution in [2.75, 3.05) is 18.0 Å². The normalized spacial score (nSPS) is 16.1. The van der Waals surface area contributed by atoms with Crippen LogP contribution in [0, 0.1) is 25.2 Å². The van der Waals surface area contributed by atoms with Crippen LogP contribution in [0.15, 0.2) is 33.2 Å². The Morgan fingerprint density at radius 3 is 2.64 bits per heavy atom. The van der Waals surface area contributed by atoms with Gasteiger partial charge in [0.15, 0.2) is 11.7 Å². The highest BCUT2D eigenvalue weighted by molar-refractivity contribution is 5.48. The van der Waals surface area contributed by atoms with E-state index in [9.17, 15) is 5.26 Å². The summed E-state index contributed by atoms with van der Waals surface area (Å²) in [7, 11) is 0. The molecule has 1 aromatic carbocycles. The predicted octanol–water partition coefficient (Wildman–Crippen LogP) is 4.08. The van der Waals surface area contributed by atoms with Crippen molar-refractivity contribution < 1.29 is 8.94 Å². The summed E-state index contributed by atoms with van der Waals surface area (Å²) >= 11 is 0. The number of oxazole rings is 1. The lowest BCUT2D eigenvalue weighted by atomic mass is 9.95. The van der Waals surface area contributed by atoms with Crippen molar-refractivity contribution in [3.05, 3.63) is 58.7 Å². The van der Waals surface area contributed by atoms with Crippen molar-refractivity contribution in [1.29, 1.82) is 5.26 Å². The second-order valence-electron chi connectivity index (χ2n) is 7.33. The number of piperidine rings is 1. The number of aromatic nitrogens is 3. The van der Waals surface area contributed by atoms with Crippen LogP contribution in [0.5, 0.6) is 0 Å². The number of nitriles is 1. The smallest absolute Gasteiger partial charge is 0.234 e. The number of nitrogens with zero attached hydrogens (tertiary/aromatic N) is 5. The largest absolute Gasteiger partial charge is 0.424 e. The number of hydrogen-bond donors (Lipinski definition) is 0. The van der Waals surface area contributed by atoms with Crippen molar-refractivity contribution in [2.45, 2.75) is 45.4 Å². The lowest BCUT2D eigenvalue weighted by Crippen LogP contribution is -2.33. The fraction of sp³-hybridized carbons (Fsp3) is 0.429. The summed E-state index contributed by atoms with van der Waals surface area (Å²) in [5.74, 6) is 2.82. The van der Waals surface area contributed by atoms with Gasteiger partial charge in [-0.3, -0.25) is 0 Å². The van der Waals surface area contributed by atoms with Gasteiger partial charge < -0.3 is 13.8 Å². The molecule has 7 nitrogen and oxygen atoms in total. The number of hydrogen-bond acceptors (Lipinski definition) is 7. The predicted molar refractivity (Wildman–Crippen MR) is 103 cm³/mol. The quantitative estimate of drug-likeness (QED) is 0.676. The first-order valence-corrected chi connectivity index (χ1v) is 9.58. The van der Waals surface area contributed by atoms with Crippen molar-refractivity contribution >= 4 is 5.88 Å². The summed E-state index contributed by atoms with van der Waals surface area (Å²) in [6.45, 7) is 7.49. The summed E-state index contributed by atoms with van der Waals surface area (Å²) in [6.07, 6.45) is 1.73. The molecule has 1 aliphatic heterocycles. The zero-order chi connectivity index (χ0) is 19.7. The summed E-state index contributed by atoms with van der Waals surface area (Å²) in [6, 6.07) is 10.4. The fourth-order valence-electron chi connectivity index (χ4n) is 3.83. The van der Waals surface area contributed by atoms with Gasteiger partial charge in [-0.1, -0.05) is 36.3 Å². The van der Waals surface area contributed by atoms with Gasteiger partial charge in [-0.25, -0.2) is 4.98 Å². The number of anilines is 1. The highest BCUT2D eigenvalue weighted by Gasteiger charge is 2.29. The van der Waals surface area contributed by atoms with E-state index < -0.39 is 0 Å². The van der Waals surface area contributed by atoms with E-state index in [-0.39, 0.29) is 11.8 Å². The van der Waals surface area contributed by atoms with E-state index >= 15 is 0 Å². The lowest BCUT2D eigenvalue weighted by Gasteiger charge is -2.29. The molecule has 28 heavy (non-hydrogen) atoms. The fourth-order valence-corrected chi connectivity index (χ4v) is 3.83. The van der Waals surface area contributed by atoms with Gasteiger partial charge in [0.2, 0.25) is 17.5 Å². The molecule has 3 heterocycles. The minimum atomic E-state index is 0.0918. The number of benzene rings is 1. The minimum absolute atomic E-state index is 0.0918. The molecule has 1 atom stereocenters.